The van der Waals surface area contributed by atoms with Gasteiger partial charge in [0.15, 0.2) is 0 Å². The van der Waals surface area contributed by atoms with E-state index < -0.39 is 0 Å². The minimum absolute atomic E-state index is 0.285. The van der Waals surface area contributed by atoms with E-state index in [-0.39, 0.29) is 6.61 Å². The highest BCUT2D eigenvalue weighted by Gasteiger charge is 2.14. The molecule has 94 valence electrons. The molecule has 0 unspecified atom stereocenters. The molecular formula is C15H23NO. The average molecular weight is 233 g/mol. The van der Waals surface area contributed by atoms with Crippen molar-refractivity contribution >= 4 is 5.69 Å². The number of benzene rings is 1. The molecule has 0 amide bonds. The van der Waals surface area contributed by atoms with E-state index in [1.54, 1.807) is 0 Å². The summed E-state index contributed by atoms with van der Waals surface area (Å²) in [6.45, 7) is 4.81. The summed E-state index contributed by atoms with van der Waals surface area (Å²) in [5.74, 6) is 0. The van der Waals surface area contributed by atoms with Crippen molar-refractivity contribution in [2.45, 2.75) is 39.0 Å². The number of anilines is 1. The van der Waals surface area contributed by atoms with Gasteiger partial charge in [0.05, 0.1) is 0 Å². The monoisotopic (exact) mass is 233 g/mol. The molecule has 1 aliphatic rings. The fourth-order valence-electron chi connectivity index (χ4n) is 2.63. The van der Waals surface area contributed by atoms with Crippen LogP contribution in [0, 0.1) is 6.92 Å². The number of rotatable bonds is 4. The van der Waals surface area contributed by atoms with E-state index in [0.29, 0.717) is 0 Å². The van der Waals surface area contributed by atoms with Gasteiger partial charge in [0, 0.05) is 25.4 Å². The molecule has 17 heavy (non-hydrogen) atoms. The van der Waals surface area contributed by atoms with Crippen LogP contribution in [-0.4, -0.2) is 24.8 Å². The van der Waals surface area contributed by atoms with E-state index in [0.717, 1.165) is 12.8 Å². The molecule has 0 radical (unpaired) electrons. The molecule has 1 N–H and O–H groups in total. The first-order valence-electron chi connectivity index (χ1n) is 6.76. The van der Waals surface area contributed by atoms with Crippen molar-refractivity contribution in [3.05, 3.63) is 29.3 Å². The Morgan fingerprint density at radius 2 is 1.94 bits per heavy atom. The van der Waals surface area contributed by atoms with Crippen LogP contribution in [0.1, 0.15) is 36.8 Å². The Labute approximate surface area is 104 Å². The molecule has 2 rings (SSSR count). The van der Waals surface area contributed by atoms with Crippen LogP contribution in [0.4, 0.5) is 5.69 Å². The molecule has 1 aliphatic heterocycles. The van der Waals surface area contributed by atoms with Gasteiger partial charge >= 0.3 is 0 Å². The second-order valence-corrected chi connectivity index (χ2v) is 5.01. The maximum atomic E-state index is 8.98. The molecule has 0 saturated carbocycles. The van der Waals surface area contributed by atoms with E-state index in [1.807, 2.05) is 0 Å². The molecule has 0 atom stereocenters. The maximum Gasteiger partial charge on any atom is 0.0434 e. The summed E-state index contributed by atoms with van der Waals surface area (Å²) in [7, 11) is 0. The Hall–Kier alpha value is -1.02. The van der Waals surface area contributed by atoms with Gasteiger partial charge in [0.25, 0.3) is 0 Å². The number of piperidine rings is 1. The van der Waals surface area contributed by atoms with E-state index in [4.69, 9.17) is 5.11 Å². The van der Waals surface area contributed by atoms with Crippen LogP contribution in [0.15, 0.2) is 18.2 Å². The lowest BCUT2D eigenvalue weighted by Crippen LogP contribution is -2.30. The van der Waals surface area contributed by atoms with Crippen molar-refractivity contribution < 1.29 is 5.11 Å². The van der Waals surface area contributed by atoms with Crippen molar-refractivity contribution in [3.63, 3.8) is 0 Å². The van der Waals surface area contributed by atoms with Gasteiger partial charge in [-0.1, -0.05) is 17.7 Å². The standard InChI is InChI=1S/C15H23NO/c1-13-7-8-15(14(12-13)6-5-11-17)16-9-3-2-4-10-16/h7-8,12,17H,2-6,9-11H2,1H3. The Balaban J connectivity index is 2.18. The molecule has 0 spiro atoms. The van der Waals surface area contributed by atoms with E-state index in [2.05, 4.69) is 30.0 Å². The molecule has 1 aromatic carbocycles. The van der Waals surface area contributed by atoms with Crippen molar-refractivity contribution in [3.8, 4) is 0 Å². The number of aliphatic hydroxyl groups is 1. The van der Waals surface area contributed by atoms with Crippen molar-refractivity contribution in [1.29, 1.82) is 0 Å². The minimum Gasteiger partial charge on any atom is -0.396 e. The molecular weight excluding hydrogens is 210 g/mol. The predicted octanol–water partition coefficient (Wildman–Crippen LogP) is 2.91. The molecule has 2 nitrogen and oxygen atoms in total. The lowest BCUT2D eigenvalue weighted by molar-refractivity contribution is 0.288. The Bertz CT molecular complexity index is 356. The normalized spacial score (nSPS) is 16.2. The largest absolute Gasteiger partial charge is 0.396 e. The molecule has 1 heterocycles. The summed E-state index contributed by atoms with van der Waals surface area (Å²) < 4.78 is 0. The summed E-state index contributed by atoms with van der Waals surface area (Å²) in [5, 5.41) is 8.98. The van der Waals surface area contributed by atoms with Gasteiger partial charge in [-0.3, -0.25) is 0 Å². The second kappa shape index (κ2) is 6.06. The van der Waals surface area contributed by atoms with Crippen LogP contribution < -0.4 is 4.90 Å². The van der Waals surface area contributed by atoms with Gasteiger partial charge in [-0.2, -0.15) is 0 Å². The van der Waals surface area contributed by atoms with Crippen LogP contribution in [0.25, 0.3) is 0 Å². The van der Waals surface area contributed by atoms with Gasteiger partial charge < -0.3 is 10.0 Å². The van der Waals surface area contributed by atoms with Crippen molar-refractivity contribution in [2.24, 2.45) is 0 Å². The molecule has 0 aliphatic carbocycles. The zero-order chi connectivity index (χ0) is 12.1. The Morgan fingerprint density at radius 3 is 2.65 bits per heavy atom. The highest BCUT2D eigenvalue weighted by Crippen LogP contribution is 2.26. The lowest BCUT2D eigenvalue weighted by Gasteiger charge is -2.31. The second-order valence-electron chi connectivity index (χ2n) is 5.01. The van der Waals surface area contributed by atoms with Crippen LogP contribution >= 0.6 is 0 Å². The average Bonchev–Trinajstić information content (AvgIpc) is 2.37. The summed E-state index contributed by atoms with van der Waals surface area (Å²) in [6, 6.07) is 6.74. The van der Waals surface area contributed by atoms with Gasteiger partial charge in [-0.05, 0) is 50.7 Å². The highest BCUT2D eigenvalue weighted by atomic mass is 16.2. The molecule has 0 aromatic heterocycles. The van der Waals surface area contributed by atoms with Crippen LogP contribution in [-0.2, 0) is 6.42 Å². The van der Waals surface area contributed by atoms with Gasteiger partial charge in [0.2, 0.25) is 0 Å². The third kappa shape index (κ3) is 3.22. The number of hydrogen-bond donors (Lipinski definition) is 1. The number of aliphatic hydroxyl groups excluding tert-OH is 1. The van der Waals surface area contributed by atoms with Gasteiger partial charge in [-0.15, -0.1) is 0 Å². The van der Waals surface area contributed by atoms with Crippen molar-refractivity contribution in [1.82, 2.24) is 0 Å². The molecule has 1 saturated heterocycles. The van der Waals surface area contributed by atoms with Crippen LogP contribution in [0.5, 0.6) is 0 Å². The molecule has 1 fully saturated rings. The lowest BCUT2D eigenvalue weighted by atomic mass is 10.0. The van der Waals surface area contributed by atoms with Gasteiger partial charge in [-0.25, -0.2) is 0 Å². The first-order valence-corrected chi connectivity index (χ1v) is 6.76. The third-order valence-corrected chi connectivity index (χ3v) is 3.54. The Morgan fingerprint density at radius 1 is 1.18 bits per heavy atom. The first-order chi connectivity index (χ1) is 8.31. The molecule has 0 bridgehead atoms. The van der Waals surface area contributed by atoms with E-state index in [9.17, 15) is 0 Å². The summed E-state index contributed by atoms with van der Waals surface area (Å²) in [4.78, 5) is 2.51. The fraction of sp³-hybridized carbons (Fsp3) is 0.600. The smallest absolute Gasteiger partial charge is 0.0434 e. The highest BCUT2D eigenvalue weighted by molar-refractivity contribution is 5.55. The number of hydrogen-bond acceptors (Lipinski definition) is 2. The van der Waals surface area contributed by atoms with Crippen molar-refractivity contribution in [2.75, 3.05) is 24.6 Å². The zero-order valence-electron chi connectivity index (χ0n) is 10.8. The van der Waals surface area contributed by atoms with E-state index in [1.165, 1.54) is 49.2 Å². The topological polar surface area (TPSA) is 23.5 Å². The van der Waals surface area contributed by atoms with Crippen LogP contribution in [0.2, 0.25) is 0 Å². The molecule has 2 heteroatoms. The quantitative estimate of drug-likeness (QED) is 0.864. The predicted molar refractivity (Wildman–Crippen MR) is 72.6 cm³/mol. The minimum atomic E-state index is 0.285. The third-order valence-electron chi connectivity index (χ3n) is 3.54. The van der Waals surface area contributed by atoms with Crippen LogP contribution in [0.3, 0.4) is 0 Å². The number of aryl methyl sites for hydroxylation is 2. The number of nitrogens with zero attached hydrogens (tertiary/aromatic N) is 1. The first kappa shape index (κ1) is 12.4. The maximum absolute atomic E-state index is 8.98. The fourth-order valence-corrected chi connectivity index (χ4v) is 2.63. The SMILES string of the molecule is Cc1ccc(N2CCCCC2)c(CCCO)c1. The molecule has 1 aromatic rings. The summed E-state index contributed by atoms with van der Waals surface area (Å²) in [5.41, 5.74) is 4.11. The zero-order valence-corrected chi connectivity index (χ0v) is 10.8. The summed E-state index contributed by atoms with van der Waals surface area (Å²) >= 11 is 0. The Kier molecular flexibility index (Phi) is 4.43. The van der Waals surface area contributed by atoms with Gasteiger partial charge in [0.1, 0.15) is 0 Å². The summed E-state index contributed by atoms with van der Waals surface area (Å²) in [6.07, 6.45) is 5.85. The van der Waals surface area contributed by atoms with E-state index >= 15 is 0 Å².